The van der Waals surface area contributed by atoms with Crippen LogP contribution in [0.15, 0.2) is 48.9 Å². The van der Waals surface area contributed by atoms with Crippen LogP contribution in [0.2, 0.25) is 0 Å². The van der Waals surface area contributed by atoms with Crippen LogP contribution in [0.4, 0.5) is 5.82 Å². The molecule has 1 aromatic carbocycles. The summed E-state index contributed by atoms with van der Waals surface area (Å²) in [6.07, 6.45) is 5.29. The molecule has 0 saturated carbocycles. The lowest BCUT2D eigenvalue weighted by Crippen LogP contribution is -2.39. The lowest BCUT2D eigenvalue weighted by Gasteiger charge is -2.28. The van der Waals surface area contributed by atoms with Crippen LogP contribution in [0, 0.1) is 0 Å². The average molecular weight is 378 g/mol. The van der Waals surface area contributed by atoms with Crippen molar-refractivity contribution in [2.24, 2.45) is 0 Å². The van der Waals surface area contributed by atoms with E-state index in [-0.39, 0.29) is 5.91 Å². The summed E-state index contributed by atoms with van der Waals surface area (Å²) in [5.41, 5.74) is 2.86. The molecule has 0 spiro atoms. The van der Waals surface area contributed by atoms with Gasteiger partial charge in [-0.3, -0.25) is 14.5 Å². The fraction of sp³-hybridized carbons (Fsp3) is 0.300. The van der Waals surface area contributed by atoms with Gasteiger partial charge in [0.2, 0.25) is 5.91 Å². The fourth-order valence-corrected chi connectivity index (χ4v) is 3.32. The molecule has 144 valence electrons. The molecule has 0 aliphatic carbocycles. The molecule has 0 bridgehead atoms. The minimum atomic E-state index is 0.0937. The van der Waals surface area contributed by atoms with Crippen LogP contribution in [0.5, 0.6) is 5.75 Å². The smallest absolute Gasteiger partial charge is 0.227 e. The van der Waals surface area contributed by atoms with Crippen LogP contribution in [0.25, 0.3) is 0 Å². The highest BCUT2D eigenvalue weighted by atomic mass is 16.5. The second-order valence-corrected chi connectivity index (χ2v) is 6.60. The maximum absolute atomic E-state index is 12.8. The number of nitrogens with zero attached hydrogens (tertiary/aromatic N) is 5. The van der Waals surface area contributed by atoms with Crippen molar-refractivity contribution in [2.45, 2.75) is 26.1 Å². The molecule has 1 amide bonds. The quantitative estimate of drug-likeness (QED) is 0.705. The first-order chi connectivity index (χ1) is 13.7. The molecule has 4 rings (SSSR count). The first kappa shape index (κ1) is 18.0. The van der Waals surface area contributed by atoms with Gasteiger partial charge < -0.3 is 15.0 Å². The molecular weight excluding hydrogens is 356 g/mol. The first-order valence-corrected chi connectivity index (χ1v) is 9.18. The molecule has 1 N–H and O–H groups in total. The van der Waals surface area contributed by atoms with Gasteiger partial charge in [-0.25, -0.2) is 4.98 Å². The standard InChI is InChI=1S/C20H22N6O2/c1-28-18-5-3-2-4-15(18)10-20(27)25-8-9-26-17(14-25)11-16(24-26)12-23-19-13-21-6-7-22-19/h2-7,11,13H,8-10,12,14H2,1H3,(H,22,23). The molecule has 0 radical (unpaired) electrons. The zero-order valence-corrected chi connectivity index (χ0v) is 15.7. The van der Waals surface area contributed by atoms with E-state index in [0.717, 1.165) is 22.7 Å². The average Bonchev–Trinajstić information content (AvgIpc) is 3.15. The number of ether oxygens (including phenoxy) is 1. The van der Waals surface area contributed by atoms with Gasteiger partial charge in [0.1, 0.15) is 11.6 Å². The van der Waals surface area contributed by atoms with E-state index >= 15 is 0 Å². The van der Waals surface area contributed by atoms with Crippen LogP contribution in [0.3, 0.4) is 0 Å². The normalized spacial score (nSPS) is 13.1. The topological polar surface area (TPSA) is 85.2 Å². The SMILES string of the molecule is COc1ccccc1CC(=O)N1CCn2nc(CNc3cnccn3)cc2C1. The van der Waals surface area contributed by atoms with E-state index < -0.39 is 0 Å². The number of anilines is 1. The molecule has 0 fully saturated rings. The van der Waals surface area contributed by atoms with E-state index in [4.69, 9.17) is 4.74 Å². The van der Waals surface area contributed by atoms with Crippen LogP contribution in [-0.2, 0) is 30.8 Å². The number of rotatable bonds is 6. The van der Waals surface area contributed by atoms with E-state index in [0.29, 0.717) is 38.4 Å². The maximum atomic E-state index is 12.8. The van der Waals surface area contributed by atoms with Gasteiger partial charge >= 0.3 is 0 Å². The minimum absolute atomic E-state index is 0.0937. The zero-order valence-electron chi connectivity index (χ0n) is 15.7. The molecule has 3 heterocycles. The Kier molecular flexibility index (Phi) is 5.18. The third-order valence-electron chi connectivity index (χ3n) is 4.75. The summed E-state index contributed by atoms with van der Waals surface area (Å²) >= 11 is 0. The molecule has 8 heteroatoms. The molecule has 0 saturated heterocycles. The number of benzene rings is 1. The summed E-state index contributed by atoms with van der Waals surface area (Å²) in [4.78, 5) is 22.9. The predicted octanol–water partition coefficient (Wildman–Crippen LogP) is 1.88. The van der Waals surface area contributed by atoms with Gasteiger partial charge in [0.15, 0.2) is 0 Å². The predicted molar refractivity (Wildman–Crippen MR) is 104 cm³/mol. The van der Waals surface area contributed by atoms with E-state index in [9.17, 15) is 4.79 Å². The Morgan fingerprint density at radius 2 is 2.14 bits per heavy atom. The summed E-state index contributed by atoms with van der Waals surface area (Å²) in [5, 5.41) is 7.82. The number of carbonyl (C=O) groups excluding carboxylic acids is 1. The Morgan fingerprint density at radius 1 is 1.25 bits per heavy atom. The Bertz CT molecular complexity index is 956. The zero-order chi connectivity index (χ0) is 19.3. The highest BCUT2D eigenvalue weighted by molar-refractivity contribution is 5.79. The molecular formula is C20H22N6O2. The van der Waals surface area contributed by atoms with Crippen molar-refractivity contribution in [1.29, 1.82) is 0 Å². The molecule has 1 aliphatic heterocycles. The van der Waals surface area contributed by atoms with Gasteiger partial charge in [0, 0.05) is 24.5 Å². The third kappa shape index (κ3) is 3.95. The Balaban J connectivity index is 1.39. The molecule has 8 nitrogen and oxygen atoms in total. The number of fused-ring (bicyclic) bond motifs is 1. The highest BCUT2D eigenvalue weighted by Gasteiger charge is 2.23. The number of amides is 1. The molecule has 2 aromatic heterocycles. The number of hydrogen-bond donors (Lipinski definition) is 1. The monoisotopic (exact) mass is 378 g/mol. The van der Waals surface area contributed by atoms with Crippen LogP contribution >= 0.6 is 0 Å². The Labute approximate surface area is 163 Å². The van der Waals surface area contributed by atoms with E-state index in [1.165, 1.54) is 0 Å². The summed E-state index contributed by atoms with van der Waals surface area (Å²) in [6.45, 7) is 2.47. The second-order valence-electron chi connectivity index (χ2n) is 6.60. The van der Waals surface area contributed by atoms with E-state index in [1.54, 1.807) is 25.7 Å². The van der Waals surface area contributed by atoms with Crippen molar-refractivity contribution in [1.82, 2.24) is 24.6 Å². The number of aromatic nitrogens is 4. The van der Waals surface area contributed by atoms with Crippen molar-refractivity contribution in [3.63, 3.8) is 0 Å². The number of methoxy groups -OCH3 is 1. The molecule has 28 heavy (non-hydrogen) atoms. The van der Waals surface area contributed by atoms with Crippen molar-refractivity contribution >= 4 is 11.7 Å². The van der Waals surface area contributed by atoms with Gasteiger partial charge in [-0.15, -0.1) is 0 Å². The van der Waals surface area contributed by atoms with Crippen molar-refractivity contribution in [2.75, 3.05) is 19.0 Å². The summed E-state index contributed by atoms with van der Waals surface area (Å²) in [6, 6.07) is 9.67. The molecule has 0 atom stereocenters. The number of hydrogen-bond acceptors (Lipinski definition) is 6. The van der Waals surface area contributed by atoms with Gasteiger partial charge in [-0.05, 0) is 12.1 Å². The van der Waals surface area contributed by atoms with Crippen molar-refractivity contribution < 1.29 is 9.53 Å². The maximum Gasteiger partial charge on any atom is 0.227 e. The Hall–Kier alpha value is -3.42. The third-order valence-corrected chi connectivity index (χ3v) is 4.75. The first-order valence-electron chi connectivity index (χ1n) is 9.18. The number of nitrogens with one attached hydrogen (secondary N) is 1. The molecule has 1 aliphatic rings. The summed E-state index contributed by atoms with van der Waals surface area (Å²) in [5.74, 6) is 1.55. The second kappa shape index (κ2) is 8.08. The highest BCUT2D eigenvalue weighted by Crippen LogP contribution is 2.20. The summed E-state index contributed by atoms with van der Waals surface area (Å²) < 4.78 is 7.33. The van der Waals surface area contributed by atoms with Gasteiger partial charge in [0.05, 0.1) is 50.7 Å². The largest absolute Gasteiger partial charge is 0.496 e. The van der Waals surface area contributed by atoms with Gasteiger partial charge in [0.25, 0.3) is 0 Å². The van der Waals surface area contributed by atoms with Crippen LogP contribution in [-0.4, -0.2) is 44.2 Å². The van der Waals surface area contributed by atoms with Crippen LogP contribution < -0.4 is 10.1 Å². The van der Waals surface area contributed by atoms with E-state index in [2.05, 4.69) is 20.4 Å². The number of para-hydroxylation sites is 1. The number of carbonyl (C=O) groups is 1. The minimum Gasteiger partial charge on any atom is -0.496 e. The van der Waals surface area contributed by atoms with Crippen molar-refractivity contribution in [3.8, 4) is 5.75 Å². The molecule has 0 unspecified atom stereocenters. The lowest BCUT2D eigenvalue weighted by molar-refractivity contribution is -0.132. The van der Waals surface area contributed by atoms with Crippen LogP contribution in [0.1, 0.15) is 17.0 Å². The summed E-state index contributed by atoms with van der Waals surface area (Å²) in [7, 11) is 1.62. The molecule has 3 aromatic rings. The van der Waals surface area contributed by atoms with Crippen molar-refractivity contribution in [3.05, 3.63) is 65.9 Å². The lowest BCUT2D eigenvalue weighted by atomic mass is 10.1. The fourth-order valence-electron chi connectivity index (χ4n) is 3.32. The van der Waals surface area contributed by atoms with E-state index in [1.807, 2.05) is 39.9 Å². The Morgan fingerprint density at radius 3 is 2.96 bits per heavy atom. The van der Waals surface area contributed by atoms with Gasteiger partial charge in [-0.1, -0.05) is 18.2 Å². The van der Waals surface area contributed by atoms with Gasteiger partial charge in [-0.2, -0.15) is 5.10 Å².